The monoisotopic (exact) mass is 269 g/mol. The van der Waals surface area contributed by atoms with Gasteiger partial charge in [-0.3, -0.25) is 4.79 Å². The third kappa shape index (κ3) is 3.24. The number of carbonyl (C=O) groups is 1. The van der Waals surface area contributed by atoms with Crippen LogP contribution < -0.4 is 5.73 Å². The van der Waals surface area contributed by atoms with Gasteiger partial charge in [0.2, 0.25) is 5.91 Å². The van der Waals surface area contributed by atoms with Gasteiger partial charge in [-0.1, -0.05) is 34.8 Å². The number of rotatable bonds is 3. The number of thioether (sulfide) groups is 1. The smallest absolute Gasteiger partial charge is 0.227 e. The van der Waals surface area contributed by atoms with Gasteiger partial charge in [0.25, 0.3) is 0 Å². The van der Waals surface area contributed by atoms with Crippen LogP contribution in [0.25, 0.3) is 0 Å². The zero-order valence-corrected chi connectivity index (χ0v) is 9.97. The highest BCUT2D eigenvalue weighted by atomic mass is 35.5. The van der Waals surface area contributed by atoms with Gasteiger partial charge in [-0.15, -0.1) is 11.8 Å². The summed E-state index contributed by atoms with van der Waals surface area (Å²) in [6, 6.07) is 3.15. The fraction of sp³-hybridized carbons (Fsp3) is 0.125. The largest absolute Gasteiger partial charge is 0.369 e. The summed E-state index contributed by atoms with van der Waals surface area (Å²) in [7, 11) is 0. The molecule has 14 heavy (non-hydrogen) atoms. The van der Waals surface area contributed by atoms with Crippen molar-refractivity contribution < 1.29 is 4.79 Å². The number of halogens is 3. The molecule has 1 aromatic carbocycles. The number of nitrogens with two attached hydrogens (primary N) is 1. The van der Waals surface area contributed by atoms with Crippen molar-refractivity contribution in [3.63, 3.8) is 0 Å². The van der Waals surface area contributed by atoms with Crippen molar-refractivity contribution in [2.45, 2.75) is 4.90 Å². The second kappa shape index (κ2) is 5.12. The summed E-state index contributed by atoms with van der Waals surface area (Å²) in [4.78, 5) is 11.2. The lowest BCUT2D eigenvalue weighted by atomic mass is 10.4. The molecular formula is C8H6Cl3NOS. The Morgan fingerprint density at radius 2 is 1.79 bits per heavy atom. The number of primary amides is 1. The molecule has 1 amide bonds. The molecule has 2 N–H and O–H groups in total. The van der Waals surface area contributed by atoms with Crippen LogP contribution in [-0.2, 0) is 4.79 Å². The van der Waals surface area contributed by atoms with Crippen molar-refractivity contribution in [2.75, 3.05) is 5.75 Å². The molecule has 0 aliphatic carbocycles. The van der Waals surface area contributed by atoms with Crippen molar-refractivity contribution in [1.82, 2.24) is 0 Å². The Morgan fingerprint density at radius 1 is 1.21 bits per heavy atom. The van der Waals surface area contributed by atoms with E-state index in [9.17, 15) is 4.79 Å². The fourth-order valence-corrected chi connectivity index (χ4v) is 2.23. The maximum absolute atomic E-state index is 10.5. The van der Waals surface area contributed by atoms with Gasteiger partial charge in [-0.2, -0.15) is 0 Å². The fourth-order valence-electron chi connectivity index (χ4n) is 0.764. The molecule has 0 radical (unpaired) electrons. The van der Waals surface area contributed by atoms with Gasteiger partial charge in [0.15, 0.2) is 0 Å². The number of hydrogen-bond donors (Lipinski definition) is 1. The van der Waals surface area contributed by atoms with E-state index in [4.69, 9.17) is 40.5 Å². The summed E-state index contributed by atoms with van der Waals surface area (Å²) >= 11 is 18.6. The number of benzene rings is 1. The molecule has 0 heterocycles. The van der Waals surface area contributed by atoms with Crippen LogP contribution >= 0.6 is 46.6 Å². The minimum atomic E-state index is -0.405. The average molecular weight is 271 g/mol. The molecule has 1 aromatic rings. The Kier molecular flexibility index (Phi) is 4.38. The second-order valence-corrected chi connectivity index (χ2v) is 4.69. The van der Waals surface area contributed by atoms with Gasteiger partial charge in [0, 0.05) is 4.90 Å². The highest BCUT2D eigenvalue weighted by Crippen LogP contribution is 2.34. The Hall–Kier alpha value is -0.0900. The van der Waals surface area contributed by atoms with Crippen LogP contribution in [0.5, 0.6) is 0 Å². The minimum absolute atomic E-state index is 0.164. The van der Waals surface area contributed by atoms with Crippen molar-refractivity contribution in [1.29, 1.82) is 0 Å². The first-order valence-corrected chi connectivity index (χ1v) is 5.68. The number of hydrogen-bond acceptors (Lipinski definition) is 2. The molecular weight excluding hydrogens is 265 g/mol. The van der Waals surface area contributed by atoms with Crippen molar-refractivity contribution >= 4 is 52.5 Å². The molecule has 1 rings (SSSR count). The van der Waals surface area contributed by atoms with Gasteiger partial charge in [0.1, 0.15) is 0 Å². The molecule has 76 valence electrons. The molecule has 0 atom stereocenters. The Labute approximate surface area is 101 Å². The molecule has 2 nitrogen and oxygen atoms in total. The quantitative estimate of drug-likeness (QED) is 0.677. The van der Waals surface area contributed by atoms with Crippen LogP contribution in [0.4, 0.5) is 0 Å². The summed E-state index contributed by atoms with van der Waals surface area (Å²) in [5.41, 5.74) is 5.00. The molecule has 0 bridgehead atoms. The van der Waals surface area contributed by atoms with E-state index < -0.39 is 5.91 Å². The van der Waals surface area contributed by atoms with Gasteiger partial charge in [-0.25, -0.2) is 0 Å². The van der Waals surface area contributed by atoms with Gasteiger partial charge in [-0.05, 0) is 12.1 Å². The lowest BCUT2D eigenvalue weighted by Crippen LogP contribution is -2.12. The second-order valence-electron chi connectivity index (χ2n) is 2.45. The van der Waals surface area contributed by atoms with Crippen LogP contribution in [-0.4, -0.2) is 11.7 Å². The van der Waals surface area contributed by atoms with E-state index in [0.717, 1.165) is 0 Å². The minimum Gasteiger partial charge on any atom is -0.369 e. The number of carbonyl (C=O) groups excluding carboxylic acids is 1. The Bertz CT molecular complexity index is 370. The zero-order valence-electron chi connectivity index (χ0n) is 6.89. The summed E-state index contributed by atoms with van der Waals surface area (Å²) in [5.74, 6) is -0.241. The SMILES string of the molecule is NC(=O)CSc1cc(Cl)c(Cl)cc1Cl. The molecule has 0 fully saturated rings. The average Bonchev–Trinajstić information content (AvgIpc) is 2.09. The first-order valence-electron chi connectivity index (χ1n) is 3.56. The van der Waals surface area contributed by atoms with E-state index >= 15 is 0 Å². The van der Waals surface area contributed by atoms with E-state index in [1.54, 1.807) is 6.07 Å². The standard InChI is InChI=1S/C8H6Cl3NOS/c9-4-1-6(11)7(2-5(4)10)14-3-8(12)13/h1-2H,3H2,(H2,12,13). The molecule has 0 aromatic heterocycles. The predicted octanol–water partition coefficient (Wildman–Crippen LogP) is 3.22. The maximum Gasteiger partial charge on any atom is 0.227 e. The summed E-state index contributed by atoms with van der Waals surface area (Å²) in [6.45, 7) is 0. The van der Waals surface area contributed by atoms with E-state index in [1.807, 2.05) is 0 Å². The van der Waals surface area contributed by atoms with Gasteiger partial charge in [0.05, 0.1) is 20.8 Å². The molecule has 0 spiro atoms. The molecule has 6 heteroatoms. The molecule has 0 saturated heterocycles. The lowest BCUT2D eigenvalue weighted by Gasteiger charge is -2.04. The summed E-state index contributed by atoms with van der Waals surface area (Å²) in [5, 5.41) is 1.26. The van der Waals surface area contributed by atoms with Crippen LogP contribution in [0.1, 0.15) is 0 Å². The predicted molar refractivity (Wildman–Crippen MR) is 61.4 cm³/mol. The number of amides is 1. The van der Waals surface area contributed by atoms with E-state index in [2.05, 4.69) is 0 Å². The maximum atomic E-state index is 10.5. The summed E-state index contributed by atoms with van der Waals surface area (Å²) < 4.78 is 0. The van der Waals surface area contributed by atoms with Crippen molar-refractivity contribution in [3.05, 3.63) is 27.2 Å². The molecule has 0 saturated carbocycles. The highest BCUT2D eigenvalue weighted by Gasteiger charge is 2.07. The van der Waals surface area contributed by atoms with E-state index in [-0.39, 0.29) is 5.75 Å². The normalized spacial score (nSPS) is 10.2. The lowest BCUT2D eigenvalue weighted by molar-refractivity contribution is -0.115. The highest BCUT2D eigenvalue weighted by molar-refractivity contribution is 8.00. The zero-order chi connectivity index (χ0) is 10.7. The first-order chi connectivity index (χ1) is 6.50. The van der Waals surface area contributed by atoms with Crippen LogP contribution in [0.15, 0.2) is 17.0 Å². The summed E-state index contributed by atoms with van der Waals surface area (Å²) in [6.07, 6.45) is 0. The molecule has 0 aliphatic rings. The van der Waals surface area contributed by atoms with Crippen LogP contribution in [0, 0.1) is 0 Å². The molecule has 0 aliphatic heterocycles. The van der Waals surface area contributed by atoms with Gasteiger partial charge < -0.3 is 5.73 Å². The van der Waals surface area contributed by atoms with Crippen LogP contribution in [0.2, 0.25) is 15.1 Å². The molecule has 0 unspecified atom stereocenters. The first kappa shape index (κ1) is 12.0. The third-order valence-corrected chi connectivity index (χ3v) is 3.57. The Morgan fingerprint density at radius 3 is 2.36 bits per heavy atom. The van der Waals surface area contributed by atoms with Gasteiger partial charge >= 0.3 is 0 Å². The van der Waals surface area contributed by atoms with Crippen LogP contribution in [0.3, 0.4) is 0 Å². The van der Waals surface area contributed by atoms with Crippen molar-refractivity contribution in [2.24, 2.45) is 5.73 Å². The van der Waals surface area contributed by atoms with Crippen molar-refractivity contribution in [3.8, 4) is 0 Å². The topological polar surface area (TPSA) is 43.1 Å². The third-order valence-electron chi connectivity index (χ3n) is 1.34. The van der Waals surface area contributed by atoms with E-state index in [1.165, 1.54) is 17.8 Å². The van der Waals surface area contributed by atoms with E-state index in [0.29, 0.717) is 20.0 Å². The Balaban J connectivity index is 2.87.